The zero-order valence-electron chi connectivity index (χ0n) is 8.01. The zero-order chi connectivity index (χ0) is 9.90. The normalized spacial score (nSPS) is 11.0. The van der Waals surface area contributed by atoms with E-state index in [4.69, 9.17) is 0 Å². The molecule has 0 aliphatic heterocycles. The largest absolute Gasteiger partial charge is 0.333 e. The summed E-state index contributed by atoms with van der Waals surface area (Å²) in [5, 5.41) is 11.7. The van der Waals surface area contributed by atoms with Crippen LogP contribution in [0, 0.1) is 0 Å². The van der Waals surface area contributed by atoms with Crippen LogP contribution in [0.3, 0.4) is 0 Å². The first kappa shape index (κ1) is 9.57. The van der Waals surface area contributed by atoms with Crippen LogP contribution in [0.5, 0.6) is 0 Å². The molecule has 0 fully saturated rings. The molecular formula is C8H14N4O. The maximum absolute atomic E-state index is 11.3. The van der Waals surface area contributed by atoms with Gasteiger partial charge in [-0.3, -0.25) is 10.4 Å². The topological polar surface area (TPSA) is 69.8 Å². The third kappa shape index (κ3) is 3.59. The Balaban J connectivity index is 2.43. The molecule has 0 saturated carbocycles. The quantitative estimate of drug-likeness (QED) is 0.613. The molecule has 5 nitrogen and oxygen atoms in total. The van der Waals surface area contributed by atoms with Crippen molar-refractivity contribution in [3.63, 3.8) is 0 Å². The summed E-state index contributed by atoms with van der Waals surface area (Å²) >= 11 is 0. The summed E-state index contributed by atoms with van der Waals surface area (Å²) < 4.78 is 0. The molecule has 2 amide bonds. The van der Waals surface area contributed by atoms with E-state index in [9.17, 15) is 4.79 Å². The summed E-state index contributed by atoms with van der Waals surface area (Å²) in [6, 6.07) is 1.44. The van der Waals surface area contributed by atoms with E-state index in [1.165, 1.54) is 0 Å². The van der Waals surface area contributed by atoms with Crippen molar-refractivity contribution in [2.75, 3.05) is 5.32 Å². The van der Waals surface area contributed by atoms with Gasteiger partial charge in [-0.15, -0.1) is 0 Å². The lowest BCUT2D eigenvalue weighted by Gasteiger charge is -2.20. The van der Waals surface area contributed by atoms with Gasteiger partial charge >= 0.3 is 6.03 Å². The number of hydrogen-bond donors (Lipinski definition) is 3. The third-order valence-electron chi connectivity index (χ3n) is 1.24. The summed E-state index contributed by atoms with van der Waals surface area (Å²) in [7, 11) is 0. The van der Waals surface area contributed by atoms with Gasteiger partial charge in [-0.2, -0.15) is 5.10 Å². The van der Waals surface area contributed by atoms with Crippen LogP contribution < -0.4 is 10.6 Å². The molecule has 0 aromatic carbocycles. The Hall–Kier alpha value is -1.52. The predicted molar refractivity (Wildman–Crippen MR) is 50.5 cm³/mol. The number of hydrogen-bond acceptors (Lipinski definition) is 2. The number of H-pyrrole nitrogens is 1. The highest BCUT2D eigenvalue weighted by Crippen LogP contribution is 2.01. The van der Waals surface area contributed by atoms with Gasteiger partial charge in [0.1, 0.15) is 5.82 Å². The van der Waals surface area contributed by atoms with E-state index in [1.54, 1.807) is 12.3 Å². The van der Waals surface area contributed by atoms with Crippen LogP contribution in [0.15, 0.2) is 12.3 Å². The molecule has 0 atom stereocenters. The maximum atomic E-state index is 11.3. The molecule has 0 aliphatic rings. The van der Waals surface area contributed by atoms with E-state index >= 15 is 0 Å². The van der Waals surface area contributed by atoms with E-state index in [0.717, 1.165) is 0 Å². The Labute approximate surface area is 76.9 Å². The summed E-state index contributed by atoms with van der Waals surface area (Å²) in [6.45, 7) is 5.75. The first-order chi connectivity index (χ1) is 5.97. The third-order valence-corrected chi connectivity index (χ3v) is 1.24. The number of aromatic amines is 1. The van der Waals surface area contributed by atoms with Crippen LogP contribution in [-0.2, 0) is 0 Å². The number of carbonyl (C=O) groups excluding carboxylic acids is 1. The van der Waals surface area contributed by atoms with Crippen molar-refractivity contribution in [2.45, 2.75) is 26.3 Å². The smallest absolute Gasteiger partial charge is 0.320 e. The molecule has 1 aromatic rings. The molecule has 5 heteroatoms. The average Bonchev–Trinajstić information content (AvgIpc) is 2.34. The Morgan fingerprint density at radius 2 is 2.23 bits per heavy atom. The van der Waals surface area contributed by atoms with Gasteiger partial charge < -0.3 is 5.32 Å². The lowest BCUT2D eigenvalue weighted by molar-refractivity contribution is 0.243. The molecule has 1 rings (SSSR count). The average molecular weight is 182 g/mol. The predicted octanol–water partition coefficient (Wildman–Crippen LogP) is 1.33. The molecule has 1 heterocycles. The second-order valence-electron chi connectivity index (χ2n) is 3.80. The highest BCUT2D eigenvalue weighted by molar-refractivity contribution is 5.88. The van der Waals surface area contributed by atoms with E-state index in [2.05, 4.69) is 20.8 Å². The van der Waals surface area contributed by atoms with Gasteiger partial charge in [0, 0.05) is 11.6 Å². The second-order valence-corrected chi connectivity index (χ2v) is 3.80. The van der Waals surface area contributed by atoms with Gasteiger partial charge in [0.25, 0.3) is 0 Å². The first-order valence-corrected chi connectivity index (χ1v) is 4.06. The fourth-order valence-electron chi connectivity index (χ4n) is 0.820. The maximum Gasteiger partial charge on any atom is 0.320 e. The molecule has 0 spiro atoms. The highest BCUT2D eigenvalue weighted by atomic mass is 16.2. The van der Waals surface area contributed by atoms with Crippen LogP contribution in [0.4, 0.5) is 10.6 Å². The number of urea groups is 1. The molecule has 0 unspecified atom stereocenters. The van der Waals surface area contributed by atoms with Gasteiger partial charge in [0.15, 0.2) is 0 Å². The number of rotatable bonds is 1. The van der Waals surface area contributed by atoms with Crippen molar-refractivity contribution >= 4 is 11.8 Å². The number of anilines is 1. The standard InChI is InChI=1S/C8H14N4O/c1-8(2,3)11-7(13)10-6-4-5-9-12-6/h4-5H,1-3H3,(H3,9,10,11,12,13). The van der Waals surface area contributed by atoms with Crippen molar-refractivity contribution in [1.29, 1.82) is 0 Å². The van der Waals surface area contributed by atoms with Crippen LogP contribution in [-0.4, -0.2) is 21.8 Å². The lowest BCUT2D eigenvalue weighted by atomic mass is 10.1. The molecule has 3 N–H and O–H groups in total. The summed E-state index contributed by atoms with van der Waals surface area (Å²) in [5.41, 5.74) is -0.232. The molecule has 0 bridgehead atoms. The molecule has 0 saturated heterocycles. The number of amides is 2. The van der Waals surface area contributed by atoms with Crippen molar-refractivity contribution in [2.24, 2.45) is 0 Å². The highest BCUT2D eigenvalue weighted by Gasteiger charge is 2.13. The number of carbonyl (C=O) groups is 1. The first-order valence-electron chi connectivity index (χ1n) is 4.06. The monoisotopic (exact) mass is 182 g/mol. The Kier molecular flexibility index (Phi) is 2.55. The Morgan fingerprint density at radius 3 is 2.69 bits per heavy atom. The van der Waals surface area contributed by atoms with E-state index in [-0.39, 0.29) is 11.6 Å². The summed E-state index contributed by atoms with van der Waals surface area (Å²) in [6.07, 6.45) is 1.58. The minimum Gasteiger partial charge on any atom is -0.333 e. The minimum atomic E-state index is -0.239. The minimum absolute atomic E-state index is 0.232. The van der Waals surface area contributed by atoms with Crippen LogP contribution in [0.2, 0.25) is 0 Å². The van der Waals surface area contributed by atoms with Gasteiger partial charge in [0.05, 0.1) is 6.20 Å². The van der Waals surface area contributed by atoms with E-state index in [1.807, 2.05) is 20.8 Å². The second kappa shape index (κ2) is 3.47. The fourth-order valence-corrected chi connectivity index (χ4v) is 0.820. The molecular weight excluding hydrogens is 168 g/mol. The number of aromatic nitrogens is 2. The van der Waals surface area contributed by atoms with Crippen molar-refractivity contribution < 1.29 is 4.79 Å². The van der Waals surface area contributed by atoms with Crippen molar-refractivity contribution in [3.05, 3.63) is 12.3 Å². The lowest BCUT2D eigenvalue weighted by Crippen LogP contribution is -2.43. The zero-order valence-corrected chi connectivity index (χ0v) is 8.01. The van der Waals surface area contributed by atoms with Crippen molar-refractivity contribution in [3.8, 4) is 0 Å². The SMILES string of the molecule is CC(C)(C)NC(=O)Nc1ccn[nH]1. The molecule has 72 valence electrons. The Bertz CT molecular complexity index is 273. The molecule has 13 heavy (non-hydrogen) atoms. The van der Waals surface area contributed by atoms with Gasteiger partial charge in [-0.25, -0.2) is 4.79 Å². The van der Waals surface area contributed by atoms with Crippen LogP contribution in [0.25, 0.3) is 0 Å². The summed E-state index contributed by atoms with van der Waals surface area (Å²) in [4.78, 5) is 11.3. The van der Waals surface area contributed by atoms with Gasteiger partial charge in [-0.1, -0.05) is 0 Å². The molecule has 0 aliphatic carbocycles. The van der Waals surface area contributed by atoms with Gasteiger partial charge in [0.2, 0.25) is 0 Å². The molecule has 0 radical (unpaired) electrons. The van der Waals surface area contributed by atoms with Crippen molar-refractivity contribution in [1.82, 2.24) is 15.5 Å². The van der Waals surface area contributed by atoms with E-state index < -0.39 is 0 Å². The van der Waals surface area contributed by atoms with Crippen LogP contribution >= 0.6 is 0 Å². The molecule has 1 aromatic heterocycles. The van der Waals surface area contributed by atoms with E-state index in [0.29, 0.717) is 5.82 Å². The number of nitrogens with zero attached hydrogens (tertiary/aromatic N) is 1. The van der Waals surface area contributed by atoms with Gasteiger partial charge in [-0.05, 0) is 20.8 Å². The fraction of sp³-hybridized carbons (Fsp3) is 0.500. The summed E-state index contributed by atoms with van der Waals surface area (Å²) in [5.74, 6) is 0.585. The van der Waals surface area contributed by atoms with Crippen LogP contribution in [0.1, 0.15) is 20.8 Å². The Morgan fingerprint density at radius 1 is 1.54 bits per heavy atom. The number of nitrogens with one attached hydrogen (secondary N) is 3.